The maximum atomic E-state index is 13.3. The molecule has 2 rings (SSSR count). The summed E-state index contributed by atoms with van der Waals surface area (Å²) in [5, 5.41) is 0.709. The van der Waals surface area contributed by atoms with Gasteiger partial charge in [-0.25, -0.2) is 4.39 Å². The number of aromatic nitrogens is 1. The van der Waals surface area contributed by atoms with Gasteiger partial charge in [0.25, 0.3) is 5.91 Å². The van der Waals surface area contributed by atoms with E-state index in [0.29, 0.717) is 29.6 Å². The Morgan fingerprint density at radius 1 is 1.37 bits per heavy atom. The van der Waals surface area contributed by atoms with Crippen LogP contribution in [0.2, 0.25) is 5.02 Å². The van der Waals surface area contributed by atoms with Crippen molar-refractivity contribution in [1.82, 2.24) is 9.88 Å². The summed E-state index contributed by atoms with van der Waals surface area (Å²) >= 11 is 6.21. The number of pyridine rings is 1. The van der Waals surface area contributed by atoms with E-state index in [2.05, 4.69) is 4.98 Å². The quantitative estimate of drug-likeness (QED) is 0.862. The van der Waals surface area contributed by atoms with Crippen LogP contribution in [0.25, 0.3) is 10.9 Å². The Hall–Kier alpha value is -1.68. The predicted octanol–water partition coefficient (Wildman–Crippen LogP) is 3.51. The molecule has 0 spiro atoms. The van der Waals surface area contributed by atoms with Crippen LogP contribution in [0, 0.1) is 5.82 Å². The molecule has 1 aromatic heterocycles. The normalized spacial score (nSPS) is 10.7. The van der Waals surface area contributed by atoms with Crippen molar-refractivity contribution in [3.63, 3.8) is 0 Å². The largest absolute Gasteiger partial charge is 0.339 e. The first kappa shape index (κ1) is 13.7. The third-order valence-electron chi connectivity index (χ3n) is 3.05. The Labute approximate surface area is 116 Å². The van der Waals surface area contributed by atoms with E-state index in [9.17, 15) is 9.18 Å². The monoisotopic (exact) mass is 280 g/mol. The molecule has 0 atom stereocenters. The van der Waals surface area contributed by atoms with Gasteiger partial charge in [-0.15, -0.1) is 0 Å². The first-order valence-corrected chi connectivity index (χ1v) is 6.49. The second-order valence-electron chi connectivity index (χ2n) is 4.12. The fourth-order valence-electron chi connectivity index (χ4n) is 1.96. The summed E-state index contributed by atoms with van der Waals surface area (Å²) in [5.74, 6) is -0.586. The molecule has 3 nitrogen and oxygen atoms in total. The number of rotatable bonds is 3. The SMILES string of the molecule is CCN(CC)C(=O)c1cnc2ccc(F)cc2c1Cl. The van der Waals surface area contributed by atoms with Crippen molar-refractivity contribution >= 4 is 28.4 Å². The number of amides is 1. The second kappa shape index (κ2) is 5.53. The average molecular weight is 281 g/mol. The molecule has 1 aromatic carbocycles. The number of halogens is 2. The number of hydrogen-bond donors (Lipinski definition) is 0. The van der Waals surface area contributed by atoms with Gasteiger partial charge in [-0.05, 0) is 32.0 Å². The van der Waals surface area contributed by atoms with E-state index >= 15 is 0 Å². The molecule has 1 amide bonds. The van der Waals surface area contributed by atoms with Gasteiger partial charge in [-0.2, -0.15) is 0 Å². The molecule has 0 fully saturated rings. The Morgan fingerprint density at radius 2 is 2.05 bits per heavy atom. The number of carbonyl (C=O) groups excluding carboxylic acids is 1. The Bertz CT molecular complexity index is 626. The van der Waals surface area contributed by atoms with Crippen LogP contribution in [-0.4, -0.2) is 28.9 Å². The highest BCUT2D eigenvalue weighted by Crippen LogP contribution is 2.27. The highest BCUT2D eigenvalue weighted by Gasteiger charge is 2.18. The Morgan fingerprint density at radius 3 is 2.68 bits per heavy atom. The third kappa shape index (κ3) is 2.54. The van der Waals surface area contributed by atoms with Crippen LogP contribution in [-0.2, 0) is 0 Å². The molecule has 1 heterocycles. The lowest BCUT2D eigenvalue weighted by Gasteiger charge is -2.19. The van der Waals surface area contributed by atoms with Gasteiger partial charge in [-0.1, -0.05) is 11.6 Å². The lowest BCUT2D eigenvalue weighted by molar-refractivity contribution is 0.0773. The minimum atomic E-state index is -0.399. The van der Waals surface area contributed by atoms with Gasteiger partial charge in [0.05, 0.1) is 16.1 Å². The minimum absolute atomic E-state index is 0.186. The van der Waals surface area contributed by atoms with Crippen LogP contribution in [0.5, 0.6) is 0 Å². The van der Waals surface area contributed by atoms with Gasteiger partial charge in [0, 0.05) is 24.7 Å². The van der Waals surface area contributed by atoms with Crippen molar-refractivity contribution in [1.29, 1.82) is 0 Å². The number of hydrogen-bond acceptors (Lipinski definition) is 2. The average Bonchev–Trinajstić information content (AvgIpc) is 2.41. The smallest absolute Gasteiger partial charge is 0.256 e. The molecule has 0 unspecified atom stereocenters. The molecule has 0 radical (unpaired) electrons. The molecular formula is C14H14ClFN2O. The van der Waals surface area contributed by atoms with Crippen molar-refractivity contribution in [2.24, 2.45) is 0 Å². The lowest BCUT2D eigenvalue weighted by atomic mass is 10.1. The molecule has 100 valence electrons. The zero-order valence-corrected chi connectivity index (χ0v) is 11.5. The summed E-state index contributed by atoms with van der Waals surface area (Å²) in [6.45, 7) is 4.96. The van der Waals surface area contributed by atoms with Crippen LogP contribution >= 0.6 is 11.6 Å². The zero-order valence-electron chi connectivity index (χ0n) is 10.8. The minimum Gasteiger partial charge on any atom is -0.339 e. The first-order chi connectivity index (χ1) is 9.08. The Kier molecular flexibility index (Phi) is 4.00. The molecule has 0 saturated heterocycles. The Balaban J connectivity index is 2.56. The van der Waals surface area contributed by atoms with E-state index < -0.39 is 5.82 Å². The molecule has 0 aliphatic carbocycles. The van der Waals surface area contributed by atoms with Gasteiger partial charge in [0.2, 0.25) is 0 Å². The van der Waals surface area contributed by atoms with E-state index in [0.717, 1.165) is 0 Å². The first-order valence-electron chi connectivity index (χ1n) is 6.11. The molecule has 0 aliphatic rings. The standard InChI is InChI=1S/C14H14ClFN2O/c1-3-18(4-2)14(19)11-8-17-12-6-5-9(16)7-10(12)13(11)15/h5-8H,3-4H2,1-2H3. The van der Waals surface area contributed by atoms with E-state index in [1.165, 1.54) is 18.3 Å². The number of fused-ring (bicyclic) bond motifs is 1. The van der Waals surface area contributed by atoms with Gasteiger partial charge >= 0.3 is 0 Å². The van der Waals surface area contributed by atoms with E-state index in [4.69, 9.17) is 11.6 Å². The van der Waals surface area contributed by atoms with Crippen molar-refractivity contribution in [2.75, 3.05) is 13.1 Å². The predicted molar refractivity (Wildman–Crippen MR) is 74.0 cm³/mol. The summed E-state index contributed by atoms with van der Waals surface area (Å²) < 4.78 is 13.3. The summed E-state index contributed by atoms with van der Waals surface area (Å²) in [5.41, 5.74) is 0.881. The summed E-state index contributed by atoms with van der Waals surface area (Å²) in [4.78, 5) is 18.1. The lowest BCUT2D eigenvalue weighted by Crippen LogP contribution is -2.30. The van der Waals surface area contributed by atoms with Crippen LogP contribution < -0.4 is 0 Å². The number of carbonyl (C=O) groups is 1. The van der Waals surface area contributed by atoms with E-state index in [1.807, 2.05) is 13.8 Å². The topological polar surface area (TPSA) is 33.2 Å². The fourth-order valence-corrected chi connectivity index (χ4v) is 2.24. The van der Waals surface area contributed by atoms with Crippen LogP contribution in [0.1, 0.15) is 24.2 Å². The molecule has 19 heavy (non-hydrogen) atoms. The van der Waals surface area contributed by atoms with Crippen molar-refractivity contribution in [3.8, 4) is 0 Å². The van der Waals surface area contributed by atoms with Gasteiger partial charge < -0.3 is 4.90 Å². The highest BCUT2D eigenvalue weighted by atomic mass is 35.5. The van der Waals surface area contributed by atoms with Crippen LogP contribution in [0.4, 0.5) is 4.39 Å². The maximum Gasteiger partial charge on any atom is 0.256 e. The number of benzene rings is 1. The van der Waals surface area contributed by atoms with Gasteiger partial charge in [0.1, 0.15) is 5.82 Å². The van der Waals surface area contributed by atoms with Crippen molar-refractivity contribution < 1.29 is 9.18 Å². The molecule has 0 N–H and O–H groups in total. The van der Waals surface area contributed by atoms with Crippen molar-refractivity contribution in [3.05, 3.63) is 40.8 Å². The number of nitrogens with zero attached hydrogens (tertiary/aromatic N) is 2. The summed E-state index contributed by atoms with van der Waals surface area (Å²) in [6, 6.07) is 4.16. The van der Waals surface area contributed by atoms with Gasteiger partial charge in [-0.3, -0.25) is 9.78 Å². The molecule has 0 aliphatic heterocycles. The summed E-state index contributed by atoms with van der Waals surface area (Å²) in [7, 11) is 0. The van der Waals surface area contributed by atoms with Crippen molar-refractivity contribution in [2.45, 2.75) is 13.8 Å². The summed E-state index contributed by atoms with van der Waals surface area (Å²) in [6.07, 6.45) is 1.45. The van der Waals surface area contributed by atoms with E-state index in [-0.39, 0.29) is 10.9 Å². The maximum absolute atomic E-state index is 13.3. The molecule has 5 heteroatoms. The van der Waals surface area contributed by atoms with Crippen LogP contribution in [0.15, 0.2) is 24.4 Å². The molecular weight excluding hydrogens is 267 g/mol. The van der Waals surface area contributed by atoms with E-state index in [1.54, 1.807) is 11.0 Å². The zero-order chi connectivity index (χ0) is 14.0. The second-order valence-corrected chi connectivity index (χ2v) is 4.50. The fraction of sp³-hybridized carbons (Fsp3) is 0.286. The third-order valence-corrected chi connectivity index (χ3v) is 3.45. The molecule has 2 aromatic rings. The highest BCUT2D eigenvalue weighted by molar-refractivity contribution is 6.38. The molecule has 0 saturated carbocycles. The molecule has 0 bridgehead atoms. The van der Waals surface area contributed by atoms with Gasteiger partial charge in [0.15, 0.2) is 0 Å². The van der Waals surface area contributed by atoms with Crippen LogP contribution in [0.3, 0.4) is 0 Å².